The van der Waals surface area contributed by atoms with Crippen LogP contribution in [0.15, 0.2) is 60.7 Å². The third-order valence-electron chi connectivity index (χ3n) is 6.70. The SMILES string of the molecule is CC.CC[C@@](C)(CNCc1ccccc1)c1cc(C(O)(CN)C(F)(F)F)nc(-c2ccc(F)cc2)c1C. The second kappa shape index (κ2) is 12.6. The van der Waals surface area contributed by atoms with Crippen molar-refractivity contribution in [3.05, 3.63) is 88.9 Å². The van der Waals surface area contributed by atoms with Crippen LogP contribution in [-0.4, -0.2) is 29.4 Å². The van der Waals surface area contributed by atoms with E-state index in [4.69, 9.17) is 5.73 Å². The molecule has 0 bridgehead atoms. The van der Waals surface area contributed by atoms with Crippen LogP contribution < -0.4 is 11.1 Å². The summed E-state index contributed by atoms with van der Waals surface area (Å²) in [5.41, 5.74) is 4.00. The van der Waals surface area contributed by atoms with Gasteiger partial charge in [-0.1, -0.05) is 58.0 Å². The maximum atomic E-state index is 13.9. The number of nitrogens with one attached hydrogen (secondary N) is 1. The van der Waals surface area contributed by atoms with Crippen molar-refractivity contribution in [2.24, 2.45) is 5.73 Å². The molecule has 0 aliphatic rings. The fraction of sp³-hybridized carbons (Fsp3) is 0.414. The molecule has 8 heteroatoms. The molecule has 0 saturated heterocycles. The molecule has 0 fully saturated rings. The van der Waals surface area contributed by atoms with Crippen LogP contribution in [0.3, 0.4) is 0 Å². The Morgan fingerprint density at radius 3 is 2.11 bits per heavy atom. The Hall–Kier alpha value is -2.81. The van der Waals surface area contributed by atoms with Crippen LogP contribution in [0.1, 0.15) is 56.5 Å². The molecule has 0 spiro atoms. The Balaban J connectivity index is 0.00000235. The summed E-state index contributed by atoms with van der Waals surface area (Å²) < 4.78 is 55.4. The van der Waals surface area contributed by atoms with Crippen molar-refractivity contribution in [3.63, 3.8) is 0 Å². The minimum Gasteiger partial charge on any atom is -0.374 e. The molecule has 0 amide bonds. The zero-order chi connectivity index (χ0) is 27.9. The number of benzene rings is 2. The summed E-state index contributed by atoms with van der Waals surface area (Å²) in [6, 6.07) is 16.5. The lowest BCUT2D eigenvalue weighted by atomic mass is 9.76. The van der Waals surface area contributed by atoms with E-state index in [0.29, 0.717) is 36.2 Å². The first-order chi connectivity index (χ1) is 17.4. The number of aromatic nitrogens is 1. The van der Waals surface area contributed by atoms with Crippen molar-refractivity contribution in [1.29, 1.82) is 0 Å². The Labute approximate surface area is 216 Å². The largest absolute Gasteiger partial charge is 0.424 e. The fourth-order valence-corrected chi connectivity index (χ4v) is 4.19. The molecule has 0 aliphatic heterocycles. The number of halogens is 4. The summed E-state index contributed by atoms with van der Waals surface area (Å²) in [4.78, 5) is 4.23. The van der Waals surface area contributed by atoms with Gasteiger partial charge < -0.3 is 16.2 Å². The molecule has 0 radical (unpaired) electrons. The minimum absolute atomic E-state index is 0.247. The molecule has 1 heterocycles. The molecule has 202 valence electrons. The lowest BCUT2D eigenvalue weighted by Gasteiger charge is -2.35. The molecule has 1 unspecified atom stereocenters. The van der Waals surface area contributed by atoms with E-state index in [-0.39, 0.29) is 5.69 Å². The van der Waals surface area contributed by atoms with Gasteiger partial charge in [-0.25, -0.2) is 9.37 Å². The Morgan fingerprint density at radius 1 is 1.00 bits per heavy atom. The number of aliphatic hydroxyl groups is 1. The highest BCUT2D eigenvalue weighted by Crippen LogP contribution is 2.42. The maximum absolute atomic E-state index is 13.9. The van der Waals surface area contributed by atoms with E-state index in [1.165, 1.54) is 30.3 Å². The summed E-state index contributed by atoms with van der Waals surface area (Å²) in [5.74, 6) is -0.472. The third kappa shape index (κ3) is 6.74. The second-order valence-electron chi connectivity index (χ2n) is 9.10. The van der Waals surface area contributed by atoms with Gasteiger partial charge >= 0.3 is 6.18 Å². The molecule has 37 heavy (non-hydrogen) atoms. The molecular weight excluding hydrogens is 482 g/mol. The molecule has 2 atom stereocenters. The predicted octanol–water partition coefficient (Wildman–Crippen LogP) is 6.39. The molecule has 4 nitrogen and oxygen atoms in total. The summed E-state index contributed by atoms with van der Waals surface area (Å²) in [6.45, 7) is 9.68. The molecule has 2 aromatic carbocycles. The van der Waals surface area contributed by atoms with Crippen LogP contribution in [0.5, 0.6) is 0 Å². The van der Waals surface area contributed by atoms with Gasteiger partial charge in [0.05, 0.1) is 11.4 Å². The lowest BCUT2D eigenvalue weighted by Crippen LogP contribution is -2.49. The number of hydrogen-bond acceptors (Lipinski definition) is 4. The average Bonchev–Trinajstić information content (AvgIpc) is 2.90. The van der Waals surface area contributed by atoms with Crippen molar-refractivity contribution in [1.82, 2.24) is 10.3 Å². The van der Waals surface area contributed by atoms with Crippen LogP contribution >= 0.6 is 0 Å². The number of rotatable bonds is 9. The van der Waals surface area contributed by atoms with Gasteiger partial charge in [0.1, 0.15) is 5.82 Å². The molecule has 1 aromatic heterocycles. The van der Waals surface area contributed by atoms with Gasteiger partial charge in [0.15, 0.2) is 0 Å². The van der Waals surface area contributed by atoms with Crippen molar-refractivity contribution < 1.29 is 22.7 Å². The molecule has 0 aliphatic carbocycles. The molecule has 3 rings (SSSR count). The molecular formula is C29H37F4N3O. The number of nitrogens with two attached hydrogens (primary N) is 1. The monoisotopic (exact) mass is 519 g/mol. The average molecular weight is 520 g/mol. The lowest BCUT2D eigenvalue weighted by molar-refractivity contribution is -0.263. The van der Waals surface area contributed by atoms with Crippen LogP contribution in [0, 0.1) is 12.7 Å². The zero-order valence-corrected chi connectivity index (χ0v) is 22.1. The van der Waals surface area contributed by atoms with E-state index in [0.717, 1.165) is 5.56 Å². The van der Waals surface area contributed by atoms with Gasteiger partial charge in [-0.3, -0.25) is 0 Å². The number of nitrogens with zero attached hydrogens (tertiary/aromatic N) is 1. The normalized spacial score (nSPS) is 14.8. The van der Waals surface area contributed by atoms with E-state index in [1.807, 2.05) is 58.0 Å². The summed E-state index contributed by atoms with van der Waals surface area (Å²) in [6.07, 6.45) is -4.43. The Kier molecular flexibility index (Phi) is 10.4. The molecule has 0 saturated carbocycles. The van der Waals surface area contributed by atoms with Crippen molar-refractivity contribution in [2.75, 3.05) is 13.1 Å². The predicted molar refractivity (Wildman–Crippen MR) is 141 cm³/mol. The van der Waals surface area contributed by atoms with Gasteiger partial charge in [-0.2, -0.15) is 13.2 Å². The van der Waals surface area contributed by atoms with E-state index < -0.39 is 35.2 Å². The van der Waals surface area contributed by atoms with Crippen molar-refractivity contribution in [3.8, 4) is 11.3 Å². The van der Waals surface area contributed by atoms with Crippen LogP contribution in [0.4, 0.5) is 17.6 Å². The summed E-state index contributed by atoms with van der Waals surface area (Å²) in [5, 5.41) is 14.0. The van der Waals surface area contributed by atoms with Crippen molar-refractivity contribution >= 4 is 0 Å². The fourth-order valence-electron chi connectivity index (χ4n) is 4.19. The second-order valence-corrected chi connectivity index (χ2v) is 9.10. The first-order valence-electron chi connectivity index (χ1n) is 12.5. The number of alkyl halides is 3. The van der Waals surface area contributed by atoms with E-state index in [1.54, 1.807) is 6.92 Å². The van der Waals surface area contributed by atoms with Gasteiger partial charge in [0, 0.05) is 30.6 Å². The highest BCUT2D eigenvalue weighted by Gasteiger charge is 2.55. The summed E-state index contributed by atoms with van der Waals surface area (Å²) in [7, 11) is 0. The van der Waals surface area contributed by atoms with Gasteiger partial charge in [0.25, 0.3) is 0 Å². The van der Waals surface area contributed by atoms with Gasteiger partial charge in [0.2, 0.25) is 5.60 Å². The molecule has 4 N–H and O–H groups in total. The minimum atomic E-state index is -5.03. The number of hydrogen-bond donors (Lipinski definition) is 3. The Bertz CT molecular complexity index is 1140. The van der Waals surface area contributed by atoms with Crippen LogP contribution in [0.25, 0.3) is 11.3 Å². The molecule has 3 aromatic rings. The quantitative estimate of drug-likeness (QED) is 0.287. The van der Waals surface area contributed by atoms with Gasteiger partial charge in [-0.05, 0) is 60.4 Å². The first-order valence-corrected chi connectivity index (χ1v) is 12.5. The maximum Gasteiger partial charge on any atom is 0.424 e. The zero-order valence-electron chi connectivity index (χ0n) is 22.1. The van der Waals surface area contributed by atoms with Crippen LogP contribution in [0.2, 0.25) is 0 Å². The first kappa shape index (κ1) is 30.4. The topological polar surface area (TPSA) is 71.2 Å². The van der Waals surface area contributed by atoms with E-state index in [9.17, 15) is 22.7 Å². The Morgan fingerprint density at radius 2 is 1.59 bits per heavy atom. The third-order valence-corrected chi connectivity index (χ3v) is 6.70. The number of pyridine rings is 1. The van der Waals surface area contributed by atoms with Crippen molar-refractivity contribution in [2.45, 2.75) is 64.8 Å². The highest BCUT2D eigenvalue weighted by atomic mass is 19.4. The van der Waals surface area contributed by atoms with E-state index >= 15 is 0 Å². The highest BCUT2D eigenvalue weighted by molar-refractivity contribution is 5.66. The smallest absolute Gasteiger partial charge is 0.374 e. The van der Waals surface area contributed by atoms with Crippen LogP contribution in [-0.2, 0) is 17.6 Å². The van der Waals surface area contributed by atoms with Gasteiger partial charge in [-0.15, -0.1) is 0 Å². The summed E-state index contributed by atoms with van der Waals surface area (Å²) >= 11 is 0. The standard InChI is InChI=1S/C27H31F4N3O.C2H6/c1-4-25(3,17-33-15-19-8-6-5-7-9-19)22-14-23(26(35,16-32)27(29,30)31)34-24(18(22)2)20-10-12-21(28)13-11-20;1-2/h5-14,33,35H,4,15-17,32H2,1-3H3;1-2H3/t25-,26?;/m0./s1. The van der Waals surface area contributed by atoms with E-state index in [2.05, 4.69) is 10.3 Å².